The van der Waals surface area contributed by atoms with Crippen molar-refractivity contribution < 1.29 is 27.1 Å². The lowest BCUT2D eigenvalue weighted by Crippen LogP contribution is -2.15. The molecule has 0 aliphatic carbocycles. The van der Waals surface area contributed by atoms with Crippen LogP contribution < -0.4 is 10.1 Å². The lowest BCUT2D eigenvalue weighted by atomic mass is 10.1. The summed E-state index contributed by atoms with van der Waals surface area (Å²) in [6, 6.07) is 14.9. The van der Waals surface area contributed by atoms with Gasteiger partial charge in [0.1, 0.15) is 23.1 Å². The molecule has 0 heterocycles. The Morgan fingerprint density at radius 2 is 1.71 bits per heavy atom. The van der Waals surface area contributed by atoms with E-state index in [2.05, 4.69) is 5.32 Å². The lowest BCUT2D eigenvalue weighted by Gasteiger charge is -2.13. The van der Waals surface area contributed by atoms with E-state index in [4.69, 9.17) is 4.74 Å². The summed E-state index contributed by atoms with van der Waals surface area (Å²) in [4.78, 5) is 12.1. The topological polar surface area (TPSA) is 78.5 Å². The Morgan fingerprint density at radius 1 is 1.00 bits per heavy atom. The maximum absolute atomic E-state index is 13.7. The van der Waals surface area contributed by atoms with Crippen LogP contribution in [-0.4, -0.2) is 14.7 Å². The van der Waals surface area contributed by atoms with Crippen molar-refractivity contribution >= 4 is 22.7 Å². The van der Waals surface area contributed by atoms with Crippen LogP contribution in [0.4, 0.5) is 14.5 Å². The Bertz CT molecular complexity index is 1020. The van der Waals surface area contributed by atoms with Crippen LogP contribution in [0, 0.1) is 11.6 Å². The first-order chi connectivity index (χ1) is 13.4. The molecule has 0 radical (unpaired) electrons. The predicted octanol–water partition coefficient (Wildman–Crippen LogP) is 4.18. The molecule has 1 N–H and O–H groups in total. The molecule has 3 aromatic carbocycles. The SMILES string of the molecule is O=C(Cc1ccccc1F)Nc1cc(Oc2ccc(F)cc2)cc(S(=O)[O-])c1. The number of nitrogens with one attached hydrogen (secondary N) is 1. The maximum atomic E-state index is 13.7. The highest BCUT2D eigenvalue weighted by molar-refractivity contribution is 7.79. The fourth-order valence-electron chi connectivity index (χ4n) is 2.46. The zero-order valence-corrected chi connectivity index (χ0v) is 15.2. The summed E-state index contributed by atoms with van der Waals surface area (Å²) < 4.78 is 54.9. The lowest BCUT2D eigenvalue weighted by molar-refractivity contribution is -0.115. The van der Waals surface area contributed by atoms with Gasteiger partial charge in [-0.2, -0.15) is 0 Å². The molecule has 1 atom stereocenters. The van der Waals surface area contributed by atoms with E-state index in [1.807, 2.05) is 0 Å². The zero-order chi connectivity index (χ0) is 20.1. The largest absolute Gasteiger partial charge is 0.768 e. The van der Waals surface area contributed by atoms with Gasteiger partial charge in [0.15, 0.2) is 0 Å². The standard InChI is InChI=1S/C20H15F2NO4S/c21-14-5-7-16(8-6-14)27-17-10-15(11-18(12-17)28(25)26)23-20(24)9-13-3-1-2-4-19(13)22/h1-8,10-12H,9H2,(H,23,24)(H,25,26)/p-1. The van der Waals surface area contributed by atoms with Crippen molar-refractivity contribution in [1.82, 2.24) is 0 Å². The Labute approximate surface area is 162 Å². The predicted molar refractivity (Wildman–Crippen MR) is 98.8 cm³/mol. The van der Waals surface area contributed by atoms with E-state index in [0.29, 0.717) is 5.75 Å². The Hall–Kier alpha value is -3.10. The second kappa shape index (κ2) is 8.73. The molecular formula is C20H14F2NO4S-. The molecule has 0 saturated heterocycles. The van der Waals surface area contributed by atoms with Gasteiger partial charge in [-0.3, -0.25) is 9.00 Å². The number of anilines is 1. The number of carbonyl (C=O) groups excluding carboxylic acids is 1. The van der Waals surface area contributed by atoms with E-state index in [1.165, 1.54) is 60.7 Å². The number of ether oxygens (including phenoxy) is 1. The van der Waals surface area contributed by atoms with Gasteiger partial charge in [-0.1, -0.05) is 18.2 Å². The zero-order valence-electron chi connectivity index (χ0n) is 14.4. The van der Waals surface area contributed by atoms with E-state index in [1.54, 1.807) is 6.07 Å². The molecule has 1 amide bonds. The Morgan fingerprint density at radius 3 is 2.39 bits per heavy atom. The van der Waals surface area contributed by atoms with Crippen LogP contribution in [0.2, 0.25) is 0 Å². The van der Waals surface area contributed by atoms with E-state index in [9.17, 15) is 22.3 Å². The van der Waals surface area contributed by atoms with Crippen molar-refractivity contribution in [2.24, 2.45) is 0 Å². The average molecular weight is 402 g/mol. The van der Waals surface area contributed by atoms with Gasteiger partial charge in [0.2, 0.25) is 5.91 Å². The summed E-state index contributed by atoms with van der Waals surface area (Å²) in [5, 5.41) is 2.53. The minimum atomic E-state index is -2.57. The van der Waals surface area contributed by atoms with Crippen molar-refractivity contribution in [3.8, 4) is 11.5 Å². The summed E-state index contributed by atoms with van der Waals surface area (Å²) in [5.74, 6) is -1.05. The van der Waals surface area contributed by atoms with E-state index in [-0.39, 0.29) is 28.3 Å². The first kappa shape index (κ1) is 19.7. The van der Waals surface area contributed by atoms with Crippen molar-refractivity contribution in [3.63, 3.8) is 0 Å². The van der Waals surface area contributed by atoms with E-state index >= 15 is 0 Å². The molecule has 0 aromatic heterocycles. The molecule has 0 saturated carbocycles. The summed E-state index contributed by atoms with van der Waals surface area (Å²) >= 11 is -2.57. The van der Waals surface area contributed by atoms with E-state index < -0.39 is 28.6 Å². The van der Waals surface area contributed by atoms with Crippen molar-refractivity contribution in [3.05, 3.63) is 83.9 Å². The number of hydrogen-bond acceptors (Lipinski definition) is 4. The number of carbonyl (C=O) groups is 1. The smallest absolute Gasteiger partial charge is 0.228 e. The van der Waals surface area contributed by atoms with Crippen LogP contribution in [0.5, 0.6) is 11.5 Å². The summed E-state index contributed by atoms with van der Waals surface area (Å²) in [5.41, 5.74) is 0.381. The van der Waals surface area contributed by atoms with Gasteiger partial charge >= 0.3 is 0 Å². The molecule has 5 nitrogen and oxygen atoms in total. The molecule has 0 aliphatic heterocycles. The third kappa shape index (κ3) is 5.21. The van der Waals surface area contributed by atoms with Crippen molar-refractivity contribution in [2.45, 2.75) is 11.3 Å². The highest BCUT2D eigenvalue weighted by Gasteiger charge is 2.10. The third-order valence-electron chi connectivity index (χ3n) is 3.71. The highest BCUT2D eigenvalue weighted by Crippen LogP contribution is 2.28. The van der Waals surface area contributed by atoms with Gasteiger partial charge in [0, 0.05) is 16.6 Å². The first-order valence-corrected chi connectivity index (χ1v) is 9.19. The van der Waals surface area contributed by atoms with Crippen LogP contribution in [0.3, 0.4) is 0 Å². The van der Waals surface area contributed by atoms with Crippen molar-refractivity contribution in [1.29, 1.82) is 0 Å². The molecule has 3 rings (SSSR count). The van der Waals surface area contributed by atoms with Crippen LogP contribution >= 0.6 is 0 Å². The van der Waals surface area contributed by atoms with Gasteiger partial charge in [-0.25, -0.2) is 8.78 Å². The molecule has 8 heteroatoms. The Balaban J connectivity index is 1.80. The molecular weight excluding hydrogens is 388 g/mol. The minimum absolute atomic E-state index is 0.110. The van der Waals surface area contributed by atoms with Gasteiger partial charge in [0.05, 0.1) is 6.42 Å². The quantitative estimate of drug-likeness (QED) is 0.628. The molecule has 144 valence electrons. The van der Waals surface area contributed by atoms with Gasteiger partial charge in [-0.05, 0) is 59.1 Å². The normalized spacial score (nSPS) is 11.7. The molecule has 0 spiro atoms. The van der Waals surface area contributed by atoms with Crippen LogP contribution in [0.25, 0.3) is 0 Å². The molecule has 0 fully saturated rings. The fraction of sp³-hybridized carbons (Fsp3) is 0.0500. The molecule has 1 unspecified atom stereocenters. The van der Waals surface area contributed by atoms with Gasteiger partial charge in [0.25, 0.3) is 0 Å². The Kier molecular flexibility index (Phi) is 6.13. The number of halogens is 2. The maximum Gasteiger partial charge on any atom is 0.228 e. The first-order valence-electron chi connectivity index (χ1n) is 8.12. The van der Waals surface area contributed by atoms with Crippen LogP contribution in [0.15, 0.2) is 71.6 Å². The summed E-state index contributed by atoms with van der Waals surface area (Å²) in [6.07, 6.45) is -0.217. The van der Waals surface area contributed by atoms with Crippen LogP contribution in [-0.2, 0) is 22.3 Å². The monoisotopic (exact) mass is 402 g/mol. The van der Waals surface area contributed by atoms with Gasteiger partial charge in [-0.15, -0.1) is 0 Å². The van der Waals surface area contributed by atoms with Gasteiger partial charge < -0.3 is 14.6 Å². The third-order valence-corrected chi connectivity index (χ3v) is 4.34. The molecule has 0 bridgehead atoms. The van der Waals surface area contributed by atoms with Crippen molar-refractivity contribution in [2.75, 3.05) is 5.32 Å². The molecule has 28 heavy (non-hydrogen) atoms. The summed E-state index contributed by atoms with van der Waals surface area (Å²) in [6.45, 7) is 0. The molecule has 0 aliphatic rings. The number of amides is 1. The number of rotatable bonds is 6. The summed E-state index contributed by atoms with van der Waals surface area (Å²) in [7, 11) is 0. The number of hydrogen-bond donors (Lipinski definition) is 1. The second-order valence-corrected chi connectivity index (χ2v) is 6.74. The fourth-order valence-corrected chi connectivity index (χ4v) is 2.89. The van der Waals surface area contributed by atoms with E-state index in [0.717, 1.165) is 0 Å². The molecule has 3 aromatic rings. The average Bonchev–Trinajstić information content (AvgIpc) is 2.65. The number of benzene rings is 3. The van der Waals surface area contributed by atoms with Crippen LogP contribution in [0.1, 0.15) is 5.56 Å². The second-order valence-electron chi connectivity index (χ2n) is 5.80. The highest BCUT2D eigenvalue weighted by atomic mass is 32.2. The minimum Gasteiger partial charge on any atom is -0.768 e.